The van der Waals surface area contributed by atoms with Gasteiger partial charge in [-0.25, -0.2) is 4.99 Å². The Morgan fingerprint density at radius 2 is 1.53 bits per heavy atom. The Labute approximate surface area is 196 Å². The van der Waals surface area contributed by atoms with Crippen LogP contribution in [0, 0.1) is 0 Å². The molecule has 0 amide bonds. The van der Waals surface area contributed by atoms with Crippen LogP contribution in [0.3, 0.4) is 0 Å². The summed E-state index contributed by atoms with van der Waals surface area (Å²) in [5.41, 5.74) is 2.00. The van der Waals surface area contributed by atoms with Crippen molar-refractivity contribution in [1.82, 2.24) is 10.2 Å². The Morgan fingerprint density at radius 3 is 2.13 bits per heavy atom. The van der Waals surface area contributed by atoms with Gasteiger partial charge in [0.15, 0.2) is 17.5 Å². The number of aliphatic imine (C=N–C) groups is 1. The van der Waals surface area contributed by atoms with E-state index in [0.29, 0.717) is 30.3 Å². The molecular weight excluding hydrogens is 497 g/mol. The molecule has 2 aromatic rings. The second-order valence-corrected chi connectivity index (χ2v) is 6.33. The van der Waals surface area contributed by atoms with E-state index >= 15 is 0 Å². The Bertz CT molecular complexity index is 830. The van der Waals surface area contributed by atoms with Crippen LogP contribution < -0.4 is 24.3 Å². The van der Waals surface area contributed by atoms with E-state index in [4.69, 9.17) is 23.9 Å². The number of hydrogen-bond acceptors (Lipinski definition) is 5. The predicted molar refractivity (Wildman–Crippen MR) is 131 cm³/mol. The molecule has 0 aromatic heterocycles. The Balaban J connectivity index is 0.00000450. The van der Waals surface area contributed by atoms with Gasteiger partial charge in [0.2, 0.25) is 5.75 Å². The predicted octanol–water partition coefficient (Wildman–Crippen LogP) is 3.94. The zero-order valence-electron chi connectivity index (χ0n) is 18.5. The molecule has 0 atom stereocenters. The van der Waals surface area contributed by atoms with Crippen LogP contribution in [0.1, 0.15) is 18.1 Å². The van der Waals surface area contributed by atoms with Crippen molar-refractivity contribution in [3.05, 3.63) is 47.5 Å². The number of ether oxygens (including phenoxy) is 4. The average Bonchev–Trinajstić information content (AvgIpc) is 2.75. The SMILES string of the molecule is CCNC(=NCc1ccc(OC)c(OC)c1OC)N(C)Cc1ccccc1OC.I. The minimum atomic E-state index is 0. The molecule has 0 radical (unpaired) electrons. The van der Waals surface area contributed by atoms with E-state index in [9.17, 15) is 0 Å². The number of rotatable bonds is 9. The van der Waals surface area contributed by atoms with Gasteiger partial charge in [-0.15, -0.1) is 24.0 Å². The fraction of sp³-hybridized carbons (Fsp3) is 0.409. The minimum Gasteiger partial charge on any atom is -0.496 e. The Kier molecular flexibility index (Phi) is 11.2. The summed E-state index contributed by atoms with van der Waals surface area (Å²) in [4.78, 5) is 6.85. The molecule has 0 unspecified atom stereocenters. The van der Waals surface area contributed by atoms with Gasteiger partial charge >= 0.3 is 0 Å². The molecule has 7 nitrogen and oxygen atoms in total. The molecule has 0 saturated heterocycles. The van der Waals surface area contributed by atoms with Crippen molar-refractivity contribution in [3.63, 3.8) is 0 Å². The highest BCUT2D eigenvalue weighted by molar-refractivity contribution is 14.0. The van der Waals surface area contributed by atoms with Gasteiger partial charge in [-0.2, -0.15) is 0 Å². The third-order valence-electron chi connectivity index (χ3n) is 4.48. The molecular formula is C22H32IN3O4. The molecule has 8 heteroatoms. The minimum absolute atomic E-state index is 0. The summed E-state index contributed by atoms with van der Waals surface area (Å²) in [5.74, 6) is 3.46. The lowest BCUT2D eigenvalue weighted by Crippen LogP contribution is -2.38. The van der Waals surface area contributed by atoms with Gasteiger partial charge in [-0.3, -0.25) is 0 Å². The smallest absolute Gasteiger partial charge is 0.203 e. The van der Waals surface area contributed by atoms with Crippen molar-refractivity contribution >= 4 is 29.9 Å². The number of methoxy groups -OCH3 is 4. The van der Waals surface area contributed by atoms with Crippen LogP contribution in [0.2, 0.25) is 0 Å². The molecule has 2 rings (SSSR count). The summed E-state index contributed by atoms with van der Waals surface area (Å²) in [6.07, 6.45) is 0. The van der Waals surface area contributed by atoms with Crippen molar-refractivity contribution in [2.75, 3.05) is 42.0 Å². The summed E-state index contributed by atoms with van der Waals surface area (Å²) < 4.78 is 21.8. The number of nitrogens with one attached hydrogen (secondary N) is 1. The van der Waals surface area contributed by atoms with Crippen LogP contribution >= 0.6 is 24.0 Å². The summed E-state index contributed by atoms with van der Waals surface area (Å²) in [6, 6.07) is 11.8. The van der Waals surface area contributed by atoms with Crippen LogP contribution in [-0.2, 0) is 13.1 Å². The zero-order chi connectivity index (χ0) is 21.2. The van der Waals surface area contributed by atoms with Crippen molar-refractivity contribution < 1.29 is 18.9 Å². The normalized spacial score (nSPS) is 10.7. The lowest BCUT2D eigenvalue weighted by molar-refractivity contribution is 0.322. The van der Waals surface area contributed by atoms with Crippen molar-refractivity contribution in [1.29, 1.82) is 0 Å². The molecule has 0 saturated carbocycles. The lowest BCUT2D eigenvalue weighted by atomic mass is 10.1. The van der Waals surface area contributed by atoms with Crippen LogP contribution in [0.15, 0.2) is 41.4 Å². The number of para-hydroxylation sites is 1. The third kappa shape index (κ3) is 6.32. The molecule has 166 valence electrons. The molecule has 0 aliphatic rings. The molecule has 30 heavy (non-hydrogen) atoms. The molecule has 0 aliphatic heterocycles. The van der Waals surface area contributed by atoms with Gasteiger partial charge in [0.1, 0.15) is 5.75 Å². The van der Waals surface area contributed by atoms with Crippen LogP contribution in [0.4, 0.5) is 0 Å². The van der Waals surface area contributed by atoms with Gasteiger partial charge < -0.3 is 29.2 Å². The Morgan fingerprint density at radius 1 is 0.867 bits per heavy atom. The van der Waals surface area contributed by atoms with E-state index in [-0.39, 0.29) is 24.0 Å². The van der Waals surface area contributed by atoms with Gasteiger partial charge in [0.05, 0.1) is 35.0 Å². The summed E-state index contributed by atoms with van der Waals surface area (Å²) >= 11 is 0. The monoisotopic (exact) mass is 529 g/mol. The van der Waals surface area contributed by atoms with E-state index in [1.807, 2.05) is 44.3 Å². The van der Waals surface area contributed by atoms with E-state index in [2.05, 4.69) is 16.3 Å². The number of benzene rings is 2. The van der Waals surface area contributed by atoms with Gasteiger partial charge in [0, 0.05) is 31.3 Å². The second-order valence-electron chi connectivity index (χ2n) is 6.33. The number of hydrogen-bond donors (Lipinski definition) is 1. The second kappa shape index (κ2) is 13.0. The fourth-order valence-electron chi connectivity index (χ4n) is 3.08. The number of guanidine groups is 1. The molecule has 1 N–H and O–H groups in total. The molecule has 0 bridgehead atoms. The largest absolute Gasteiger partial charge is 0.496 e. The maximum Gasteiger partial charge on any atom is 0.203 e. The highest BCUT2D eigenvalue weighted by atomic mass is 127. The molecule has 0 spiro atoms. The third-order valence-corrected chi connectivity index (χ3v) is 4.48. The van der Waals surface area contributed by atoms with Gasteiger partial charge in [0.25, 0.3) is 0 Å². The van der Waals surface area contributed by atoms with Crippen LogP contribution in [0.5, 0.6) is 23.0 Å². The number of halogens is 1. The topological polar surface area (TPSA) is 64.6 Å². The average molecular weight is 529 g/mol. The van der Waals surface area contributed by atoms with E-state index in [1.165, 1.54) is 0 Å². The van der Waals surface area contributed by atoms with Gasteiger partial charge in [-0.1, -0.05) is 18.2 Å². The quantitative estimate of drug-likeness (QED) is 0.302. The first-order valence-electron chi connectivity index (χ1n) is 9.48. The van der Waals surface area contributed by atoms with Crippen molar-refractivity contribution in [2.45, 2.75) is 20.0 Å². The fourth-order valence-corrected chi connectivity index (χ4v) is 3.08. The maximum atomic E-state index is 5.56. The highest BCUT2D eigenvalue weighted by Crippen LogP contribution is 2.40. The summed E-state index contributed by atoms with van der Waals surface area (Å²) in [6.45, 7) is 3.91. The summed E-state index contributed by atoms with van der Waals surface area (Å²) in [7, 11) is 8.49. The van der Waals surface area contributed by atoms with E-state index in [0.717, 1.165) is 29.4 Å². The lowest BCUT2D eigenvalue weighted by Gasteiger charge is -2.23. The molecule has 0 fully saturated rings. The number of nitrogens with zero attached hydrogens (tertiary/aromatic N) is 2. The van der Waals surface area contributed by atoms with Crippen molar-refractivity contribution in [2.24, 2.45) is 4.99 Å². The first-order valence-corrected chi connectivity index (χ1v) is 9.48. The zero-order valence-corrected chi connectivity index (χ0v) is 20.9. The first kappa shape index (κ1) is 25.7. The molecule has 0 heterocycles. The van der Waals surface area contributed by atoms with E-state index < -0.39 is 0 Å². The summed E-state index contributed by atoms with van der Waals surface area (Å²) in [5, 5.41) is 3.34. The van der Waals surface area contributed by atoms with Gasteiger partial charge in [-0.05, 0) is 25.1 Å². The van der Waals surface area contributed by atoms with Crippen LogP contribution in [0.25, 0.3) is 0 Å². The molecule has 2 aromatic carbocycles. The van der Waals surface area contributed by atoms with Crippen LogP contribution in [-0.4, -0.2) is 52.9 Å². The van der Waals surface area contributed by atoms with E-state index in [1.54, 1.807) is 28.4 Å². The van der Waals surface area contributed by atoms with Crippen molar-refractivity contribution in [3.8, 4) is 23.0 Å². The maximum absolute atomic E-state index is 5.56. The standard InChI is InChI=1S/C22H31N3O4.HI/c1-7-23-22(25(2)15-17-10-8-9-11-18(17)26-3)24-14-16-12-13-19(27-4)21(29-6)20(16)28-5;/h8-13H,7,14-15H2,1-6H3,(H,23,24);1H. The first-order chi connectivity index (χ1) is 14.1. The molecule has 0 aliphatic carbocycles. The Hall–Kier alpha value is -2.36. The highest BCUT2D eigenvalue weighted by Gasteiger charge is 2.16.